The molecule has 2 aromatic carbocycles. The van der Waals surface area contributed by atoms with Gasteiger partial charge in [0.2, 0.25) is 12.7 Å². The van der Waals surface area contributed by atoms with Crippen molar-refractivity contribution in [2.75, 3.05) is 12.5 Å². The van der Waals surface area contributed by atoms with Gasteiger partial charge in [0.15, 0.2) is 17.3 Å². The molecule has 0 bridgehead atoms. The predicted octanol–water partition coefficient (Wildman–Crippen LogP) is 4.78. The second-order valence-electron chi connectivity index (χ2n) is 6.45. The Bertz CT molecular complexity index is 969. The van der Waals surface area contributed by atoms with Crippen molar-refractivity contribution in [1.82, 2.24) is 10.2 Å². The van der Waals surface area contributed by atoms with Crippen LogP contribution in [0.2, 0.25) is 0 Å². The van der Waals surface area contributed by atoms with Gasteiger partial charge in [-0.3, -0.25) is 4.79 Å². The van der Waals surface area contributed by atoms with Crippen molar-refractivity contribution < 1.29 is 18.7 Å². The van der Waals surface area contributed by atoms with Crippen molar-refractivity contribution in [3.63, 3.8) is 0 Å². The molecule has 0 N–H and O–H groups in total. The Morgan fingerprint density at radius 1 is 1.07 bits per heavy atom. The number of Topliss-reactive ketones (excluding diaryl/α,β-unsaturated/α-hetero) is 1. The SMILES string of the molecule is CCCCc1ccc(C(=O)CSc2nnc(-c3ccc4c(c3)OCO4)o2)cc1. The van der Waals surface area contributed by atoms with E-state index in [0.717, 1.165) is 24.8 Å². The number of unbranched alkanes of at least 4 members (excludes halogenated alkanes) is 1. The minimum Gasteiger partial charge on any atom is -0.454 e. The summed E-state index contributed by atoms with van der Waals surface area (Å²) in [7, 11) is 0. The van der Waals surface area contributed by atoms with E-state index in [0.29, 0.717) is 28.2 Å². The molecular formula is C21H20N2O4S. The van der Waals surface area contributed by atoms with Gasteiger partial charge in [-0.2, -0.15) is 0 Å². The fourth-order valence-electron chi connectivity index (χ4n) is 2.86. The van der Waals surface area contributed by atoms with Crippen LogP contribution in [0.4, 0.5) is 0 Å². The van der Waals surface area contributed by atoms with Crippen molar-refractivity contribution in [3.8, 4) is 23.0 Å². The maximum Gasteiger partial charge on any atom is 0.277 e. The van der Waals surface area contributed by atoms with Crippen molar-refractivity contribution in [3.05, 3.63) is 53.6 Å². The Balaban J connectivity index is 1.36. The zero-order valence-corrected chi connectivity index (χ0v) is 16.3. The minimum atomic E-state index is 0.0369. The molecule has 6 nitrogen and oxygen atoms in total. The fourth-order valence-corrected chi connectivity index (χ4v) is 3.52. The molecule has 0 aliphatic carbocycles. The number of hydrogen-bond acceptors (Lipinski definition) is 7. The van der Waals surface area contributed by atoms with Crippen LogP contribution in [0.3, 0.4) is 0 Å². The lowest BCUT2D eigenvalue weighted by Crippen LogP contribution is -2.02. The Kier molecular flexibility index (Phi) is 5.62. The maximum atomic E-state index is 12.4. The van der Waals surface area contributed by atoms with Gasteiger partial charge in [0.05, 0.1) is 5.75 Å². The molecule has 0 saturated carbocycles. The second-order valence-corrected chi connectivity index (χ2v) is 7.38. The normalized spacial score (nSPS) is 12.3. The highest BCUT2D eigenvalue weighted by Crippen LogP contribution is 2.36. The summed E-state index contributed by atoms with van der Waals surface area (Å²) in [5.74, 6) is 2.02. The Morgan fingerprint density at radius 2 is 1.89 bits per heavy atom. The number of hydrogen-bond donors (Lipinski definition) is 0. The summed E-state index contributed by atoms with van der Waals surface area (Å²) < 4.78 is 16.3. The van der Waals surface area contributed by atoms with Gasteiger partial charge in [0.1, 0.15) is 0 Å². The Morgan fingerprint density at radius 3 is 2.71 bits per heavy atom. The molecule has 2 heterocycles. The molecule has 28 heavy (non-hydrogen) atoms. The van der Waals surface area contributed by atoms with Crippen LogP contribution in [0.25, 0.3) is 11.5 Å². The quantitative estimate of drug-likeness (QED) is 0.400. The molecule has 0 atom stereocenters. The summed E-state index contributed by atoms with van der Waals surface area (Å²) in [4.78, 5) is 12.4. The average molecular weight is 396 g/mol. The van der Waals surface area contributed by atoms with Crippen LogP contribution in [0.1, 0.15) is 35.7 Å². The molecule has 0 amide bonds. The molecule has 7 heteroatoms. The van der Waals surface area contributed by atoms with E-state index >= 15 is 0 Å². The summed E-state index contributed by atoms with van der Waals surface area (Å²) >= 11 is 1.24. The summed E-state index contributed by atoms with van der Waals surface area (Å²) in [5.41, 5.74) is 2.71. The standard InChI is InChI=1S/C21H20N2O4S/c1-2-3-4-14-5-7-15(8-6-14)17(24)12-28-21-23-22-20(27-21)16-9-10-18-19(11-16)26-13-25-18/h5-11H,2-4,12-13H2,1H3. The Labute approximate surface area is 167 Å². The molecule has 0 saturated heterocycles. The van der Waals surface area contributed by atoms with Crippen molar-refractivity contribution in [2.45, 2.75) is 31.4 Å². The molecule has 0 fully saturated rings. The lowest BCUT2D eigenvalue weighted by Gasteiger charge is -2.02. The number of carbonyl (C=O) groups excluding carboxylic acids is 1. The first-order chi connectivity index (χ1) is 13.7. The molecule has 1 aliphatic rings. The van der Waals surface area contributed by atoms with Crippen LogP contribution in [-0.2, 0) is 6.42 Å². The largest absolute Gasteiger partial charge is 0.454 e. The monoisotopic (exact) mass is 396 g/mol. The van der Waals surface area contributed by atoms with Crippen LogP contribution < -0.4 is 9.47 Å². The average Bonchev–Trinajstić information content (AvgIpc) is 3.39. The van der Waals surface area contributed by atoms with E-state index in [9.17, 15) is 4.79 Å². The molecule has 1 aliphatic heterocycles. The van der Waals surface area contributed by atoms with Crippen LogP contribution in [0.15, 0.2) is 52.1 Å². The first-order valence-electron chi connectivity index (χ1n) is 9.21. The lowest BCUT2D eigenvalue weighted by atomic mass is 10.1. The number of rotatable bonds is 8. The highest BCUT2D eigenvalue weighted by molar-refractivity contribution is 7.99. The first kappa shape index (κ1) is 18.6. The molecular weight excluding hydrogens is 376 g/mol. The Hall–Kier alpha value is -2.80. The topological polar surface area (TPSA) is 74.5 Å². The van der Waals surface area contributed by atoms with Crippen LogP contribution in [-0.4, -0.2) is 28.5 Å². The van der Waals surface area contributed by atoms with Gasteiger partial charge in [-0.15, -0.1) is 10.2 Å². The van der Waals surface area contributed by atoms with E-state index in [4.69, 9.17) is 13.9 Å². The molecule has 0 radical (unpaired) electrons. The molecule has 144 valence electrons. The summed E-state index contributed by atoms with van der Waals surface area (Å²) in [6, 6.07) is 13.3. The first-order valence-corrected chi connectivity index (χ1v) is 10.2. The third-order valence-electron chi connectivity index (χ3n) is 4.45. The molecule has 0 unspecified atom stereocenters. The zero-order valence-electron chi connectivity index (χ0n) is 15.5. The fraction of sp³-hybridized carbons (Fsp3) is 0.286. The number of ketones is 1. The summed E-state index contributed by atoms with van der Waals surface area (Å²) in [5, 5.41) is 8.44. The number of thioether (sulfide) groups is 1. The third kappa shape index (κ3) is 4.20. The number of aryl methyl sites for hydroxylation is 1. The van der Waals surface area contributed by atoms with E-state index < -0.39 is 0 Å². The number of carbonyl (C=O) groups is 1. The second kappa shape index (κ2) is 8.48. The smallest absolute Gasteiger partial charge is 0.277 e. The summed E-state index contributed by atoms with van der Waals surface area (Å²) in [6.07, 6.45) is 3.37. The van der Waals surface area contributed by atoms with E-state index in [-0.39, 0.29) is 18.3 Å². The van der Waals surface area contributed by atoms with E-state index in [2.05, 4.69) is 17.1 Å². The maximum absolute atomic E-state index is 12.4. The number of nitrogens with zero attached hydrogens (tertiary/aromatic N) is 2. The van der Waals surface area contributed by atoms with Crippen molar-refractivity contribution in [1.29, 1.82) is 0 Å². The molecule has 4 rings (SSSR count). The lowest BCUT2D eigenvalue weighted by molar-refractivity contribution is 0.102. The predicted molar refractivity (Wildman–Crippen MR) is 106 cm³/mol. The number of benzene rings is 2. The highest BCUT2D eigenvalue weighted by atomic mass is 32.2. The number of ether oxygens (including phenoxy) is 2. The van der Waals surface area contributed by atoms with Gasteiger partial charge in [0, 0.05) is 11.1 Å². The minimum absolute atomic E-state index is 0.0369. The molecule has 1 aromatic heterocycles. The molecule has 0 spiro atoms. The van der Waals surface area contributed by atoms with Gasteiger partial charge in [-0.05, 0) is 36.6 Å². The summed E-state index contributed by atoms with van der Waals surface area (Å²) in [6.45, 7) is 2.38. The highest BCUT2D eigenvalue weighted by Gasteiger charge is 2.17. The zero-order chi connectivity index (χ0) is 19.3. The van der Waals surface area contributed by atoms with Gasteiger partial charge in [-0.25, -0.2) is 0 Å². The van der Waals surface area contributed by atoms with Gasteiger partial charge in [0.25, 0.3) is 5.22 Å². The molecule has 3 aromatic rings. The van der Waals surface area contributed by atoms with Crippen molar-refractivity contribution in [2.24, 2.45) is 0 Å². The number of aromatic nitrogens is 2. The van der Waals surface area contributed by atoms with Crippen LogP contribution in [0.5, 0.6) is 11.5 Å². The third-order valence-corrected chi connectivity index (χ3v) is 5.27. The van der Waals surface area contributed by atoms with Gasteiger partial charge < -0.3 is 13.9 Å². The van der Waals surface area contributed by atoms with E-state index in [1.165, 1.54) is 17.3 Å². The van der Waals surface area contributed by atoms with Crippen LogP contribution >= 0.6 is 11.8 Å². The van der Waals surface area contributed by atoms with Gasteiger partial charge in [-0.1, -0.05) is 49.4 Å². The van der Waals surface area contributed by atoms with Gasteiger partial charge >= 0.3 is 0 Å². The van der Waals surface area contributed by atoms with E-state index in [1.54, 1.807) is 6.07 Å². The van der Waals surface area contributed by atoms with E-state index in [1.807, 2.05) is 36.4 Å². The van der Waals surface area contributed by atoms with Crippen LogP contribution in [0, 0.1) is 0 Å². The van der Waals surface area contributed by atoms with Crippen molar-refractivity contribution >= 4 is 17.5 Å². The number of fused-ring (bicyclic) bond motifs is 1.